The van der Waals surface area contributed by atoms with Crippen LogP contribution >= 0.6 is 0 Å². The minimum Gasteiger partial charge on any atom is -0.260 e. The van der Waals surface area contributed by atoms with Crippen molar-refractivity contribution in [1.82, 2.24) is 0 Å². The lowest BCUT2D eigenvalue weighted by Crippen LogP contribution is -1.96. The van der Waals surface area contributed by atoms with E-state index in [4.69, 9.17) is 9.98 Å². The standard InChI is InChI=1S/C27H38N2/c1-18(2)22-12-9-13-23(19(3)4)26(22)28-16-11-17-29-27-24(20(5)6)14-10-15-25(27)21(7)8/h9-10,12-21H,11H2,1-8H3. The second-order valence-corrected chi connectivity index (χ2v) is 9.05. The fourth-order valence-electron chi connectivity index (χ4n) is 3.66. The summed E-state index contributed by atoms with van der Waals surface area (Å²) in [7, 11) is 0. The maximum Gasteiger partial charge on any atom is 0.0694 e. The van der Waals surface area contributed by atoms with E-state index in [0.717, 1.165) is 17.8 Å². The lowest BCUT2D eigenvalue weighted by atomic mass is 9.93. The van der Waals surface area contributed by atoms with Gasteiger partial charge in [0.2, 0.25) is 0 Å². The van der Waals surface area contributed by atoms with Crippen LogP contribution in [0.15, 0.2) is 46.4 Å². The van der Waals surface area contributed by atoms with Crippen molar-refractivity contribution in [2.45, 2.75) is 85.5 Å². The molecule has 0 bridgehead atoms. The summed E-state index contributed by atoms with van der Waals surface area (Å²) in [5.74, 6) is 1.84. The Hall–Kier alpha value is -2.22. The van der Waals surface area contributed by atoms with Gasteiger partial charge in [0.25, 0.3) is 0 Å². The molecule has 0 N–H and O–H groups in total. The summed E-state index contributed by atoms with van der Waals surface area (Å²) >= 11 is 0. The zero-order valence-corrected chi connectivity index (χ0v) is 19.5. The van der Waals surface area contributed by atoms with E-state index in [2.05, 4.69) is 91.8 Å². The van der Waals surface area contributed by atoms with E-state index in [9.17, 15) is 0 Å². The van der Waals surface area contributed by atoms with Crippen molar-refractivity contribution < 1.29 is 0 Å². The maximum atomic E-state index is 4.88. The summed E-state index contributed by atoms with van der Waals surface area (Å²) < 4.78 is 0. The third kappa shape index (κ3) is 5.88. The van der Waals surface area contributed by atoms with Crippen molar-refractivity contribution >= 4 is 23.8 Å². The zero-order valence-electron chi connectivity index (χ0n) is 19.5. The zero-order chi connectivity index (χ0) is 21.6. The summed E-state index contributed by atoms with van der Waals surface area (Å²) in [6.45, 7) is 17.9. The molecule has 0 fully saturated rings. The van der Waals surface area contributed by atoms with Gasteiger partial charge in [0.15, 0.2) is 0 Å². The third-order valence-corrected chi connectivity index (χ3v) is 5.34. The van der Waals surface area contributed by atoms with Crippen LogP contribution in [-0.4, -0.2) is 12.4 Å². The van der Waals surface area contributed by atoms with Crippen LogP contribution in [0.1, 0.15) is 108 Å². The molecule has 0 saturated carbocycles. The quantitative estimate of drug-likeness (QED) is 0.403. The first kappa shape index (κ1) is 23.1. The molecular weight excluding hydrogens is 352 g/mol. The number of hydrogen-bond donors (Lipinski definition) is 0. The van der Waals surface area contributed by atoms with Crippen LogP contribution in [0, 0.1) is 0 Å². The van der Waals surface area contributed by atoms with Gasteiger partial charge in [-0.05, 0) is 45.9 Å². The molecule has 0 aliphatic rings. The van der Waals surface area contributed by atoms with Crippen LogP contribution < -0.4 is 0 Å². The van der Waals surface area contributed by atoms with Crippen LogP contribution in [0.5, 0.6) is 0 Å². The van der Waals surface area contributed by atoms with E-state index in [1.807, 2.05) is 12.4 Å². The molecule has 0 unspecified atom stereocenters. The predicted molar refractivity (Wildman–Crippen MR) is 130 cm³/mol. The number of benzene rings is 2. The van der Waals surface area contributed by atoms with E-state index >= 15 is 0 Å². The fourth-order valence-corrected chi connectivity index (χ4v) is 3.66. The summed E-state index contributed by atoms with van der Waals surface area (Å²) in [5, 5.41) is 0. The number of nitrogens with zero attached hydrogens (tertiary/aromatic N) is 2. The highest BCUT2D eigenvalue weighted by Crippen LogP contribution is 2.35. The van der Waals surface area contributed by atoms with E-state index in [1.54, 1.807) is 0 Å². The Morgan fingerprint density at radius 2 is 0.828 bits per heavy atom. The molecule has 2 aromatic rings. The van der Waals surface area contributed by atoms with Gasteiger partial charge in [-0.1, -0.05) is 91.8 Å². The molecule has 29 heavy (non-hydrogen) atoms. The minimum atomic E-state index is 0.459. The molecule has 0 saturated heterocycles. The highest BCUT2D eigenvalue weighted by Gasteiger charge is 2.13. The number of para-hydroxylation sites is 2. The normalized spacial score (nSPS) is 12.6. The van der Waals surface area contributed by atoms with Gasteiger partial charge < -0.3 is 0 Å². The Morgan fingerprint density at radius 1 is 0.552 bits per heavy atom. The Kier molecular flexibility index (Phi) is 8.37. The first-order valence-corrected chi connectivity index (χ1v) is 11.0. The molecule has 2 aromatic carbocycles. The molecular formula is C27H38N2. The molecule has 156 valence electrons. The Labute approximate surface area is 178 Å². The number of hydrogen-bond acceptors (Lipinski definition) is 2. The van der Waals surface area contributed by atoms with Gasteiger partial charge in [-0.3, -0.25) is 9.98 Å². The van der Waals surface area contributed by atoms with Gasteiger partial charge in [-0.15, -0.1) is 0 Å². The average Bonchev–Trinajstić information content (AvgIpc) is 2.66. The lowest BCUT2D eigenvalue weighted by Gasteiger charge is -2.16. The van der Waals surface area contributed by atoms with Gasteiger partial charge in [-0.25, -0.2) is 0 Å². The summed E-state index contributed by atoms with van der Waals surface area (Å²) in [5.41, 5.74) is 7.54. The van der Waals surface area contributed by atoms with E-state index in [-0.39, 0.29) is 0 Å². The topological polar surface area (TPSA) is 24.7 Å². The SMILES string of the molecule is CC(C)c1cccc(C(C)C)c1N=CCC=Nc1c(C(C)C)cccc1C(C)C. The molecule has 2 nitrogen and oxygen atoms in total. The largest absolute Gasteiger partial charge is 0.260 e. The van der Waals surface area contributed by atoms with Gasteiger partial charge in [-0.2, -0.15) is 0 Å². The van der Waals surface area contributed by atoms with E-state index < -0.39 is 0 Å². The molecule has 0 amide bonds. The first-order valence-electron chi connectivity index (χ1n) is 11.0. The molecule has 0 aromatic heterocycles. The second-order valence-electron chi connectivity index (χ2n) is 9.05. The third-order valence-electron chi connectivity index (χ3n) is 5.34. The highest BCUT2D eigenvalue weighted by atomic mass is 14.8. The summed E-state index contributed by atoms with van der Waals surface area (Å²) in [6, 6.07) is 13.1. The molecule has 0 radical (unpaired) electrons. The van der Waals surface area contributed by atoms with E-state index in [0.29, 0.717) is 23.7 Å². The molecule has 0 atom stereocenters. The predicted octanol–water partition coefficient (Wildman–Crippen LogP) is 8.68. The minimum absolute atomic E-state index is 0.459. The number of rotatable bonds is 8. The highest BCUT2D eigenvalue weighted by molar-refractivity contribution is 5.83. The van der Waals surface area contributed by atoms with Crippen LogP contribution in [-0.2, 0) is 0 Å². The van der Waals surface area contributed by atoms with Crippen molar-refractivity contribution in [3.63, 3.8) is 0 Å². The van der Waals surface area contributed by atoms with Crippen molar-refractivity contribution in [1.29, 1.82) is 0 Å². The van der Waals surface area contributed by atoms with E-state index in [1.165, 1.54) is 22.3 Å². The van der Waals surface area contributed by atoms with Crippen LogP contribution in [0.25, 0.3) is 0 Å². The Bertz CT molecular complexity index is 731. The maximum absolute atomic E-state index is 4.88. The number of aliphatic imine (C=N–C) groups is 2. The first-order chi connectivity index (χ1) is 13.7. The van der Waals surface area contributed by atoms with Gasteiger partial charge in [0, 0.05) is 18.9 Å². The molecule has 0 aliphatic carbocycles. The second kappa shape index (κ2) is 10.5. The van der Waals surface area contributed by atoms with Gasteiger partial charge >= 0.3 is 0 Å². The molecule has 0 heterocycles. The Balaban J connectivity index is 2.28. The van der Waals surface area contributed by atoms with Crippen LogP contribution in [0.4, 0.5) is 11.4 Å². The molecule has 0 spiro atoms. The average molecular weight is 391 g/mol. The van der Waals surface area contributed by atoms with Crippen molar-refractivity contribution in [2.75, 3.05) is 0 Å². The van der Waals surface area contributed by atoms with Crippen LogP contribution in [0.3, 0.4) is 0 Å². The van der Waals surface area contributed by atoms with Crippen molar-refractivity contribution in [2.24, 2.45) is 9.98 Å². The molecule has 0 aliphatic heterocycles. The lowest BCUT2D eigenvalue weighted by molar-refractivity contribution is 0.835. The smallest absolute Gasteiger partial charge is 0.0694 e. The monoisotopic (exact) mass is 390 g/mol. The van der Waals surface area contributed by atoms with Gasteiger partial charge in [0.1, 0.15) is 0 Å². The summed E-state index contributed by atoms with van der Waals surface area (Å²) in [6.07, 6.45) is 4.74. The Morgan fingerprint density at radius 3 is 1.07 bits per heavy atom. The molecule has 2 rings (SSSR count). The summed E-state index contributed by atoms with van der Waals surface area (Å²) in [4.78, 5) is 9.76. The van der Waals surface area contributed by atoms with Crippen molar-refractivity contribution in [3.05, 3.63) is 58.7 Å². The molecule has 2 heteroatoms. The van der Waals surface area contributed by atoms with Crippen LogP contribution in [0.2, 0.25) is 0 Å². The van der Waals surface area contributed by atoms with Gasteiger partial charge in [0.05, 0.1) is 11.4 Å². The van der Waals surface area contributed by atoms with Crippen molar-refractivity contribution in [3.8, 4) is 0 Å². The fraction of sp³-hybridized carbons (Fsp3) is 0.481.